The summed E-state index contributed by atoms with van der Waals surface area (Å²) in [4.78, 5) is 11.9. The number of oxime groups is 1. The van der Waals surface area contributed by atoms with Crippen molar-refractivity contribution in [2.45, 2.75) is 9.79 Å². The topological polar surface area (TPSA) is 102 Å². The number of non-ortho nitro benzene ring substituents is 1. The molecule has 0 aliphatic heterocycles. The van der Waals surface area contributed by atoms with Gasteiger partial charge in [-0.15, -0.1) is 0 Å². The predicted molar refractivity (Wildman–Crippen MR) is 83.9 cm³/mol. The smallest absolute Gasteiger partial charge is 0.270 e. The van der Waals surface area contributed by atoms with E-state index in [2.05, 4.69) is 21.1 Å². The van der Waals surface area contributed by atoms with Gasteiger partial charge in [0.15, 0.2) is 5.84 Å². The lowest BCUT2D eigenvalue weighted by molar-refractivity contribution is -0.384. The number of nitro groups is 1. The summed E-state index contributed by atoms with van der Waals surface area (Å²) in [6.07, 6.45) is 0. The Kier molecular flexibility index (Phi) is 4.81. The quantitative estimate of drug-likeness (QED) is 0.282. The number of nitro benzene ring substituents is 1. The third kappa shape index (κ3) is 3.53. The maximum Gasteiger partial charge on any atom is 0.270 e. The van der Waals surface area contributed by atoms with Crippen molar-refractivity contribution in [1.82, 2.24) is 0 Å². The number of nitrogens with two attached hydrogens (primary N) is 1. The van der Waals surface area contributed by atoms with Crippen LogP contribution in [0.25, 0.3) is 0 Å². The van der Waals surface area contributed by atoms with Gasteiger partial charge in [-0.3, -0.25) is 10.1 Å². The van der Waals surface area contributed by atoms with Crippen LogP contribution in [0.2, 0.25) is 0 Å². The molecule has 0 aliphatic rings. The zero-order chi connectivity index (χ0) is 15.4. The fourth-order valence-electron chi connectivity index (χ4n) is 1.62. The lowest BCUT2D eigenvalue weighted by Crippen LogP contribution is -2.14. The minimum absolute atomic E-state index is 0.118. The van der Waals surface area contributed by atoms with E-state index in [1.807, 2.05) is 24.3 Å². The zero-order valence-electron chi connectivity index (χ0n) is 10.6. The molecule has 0 saturated carbocycles. The molecule has 6 nitrogen and oxygen atoms in total. The van der Waals surface area contributed by atoms with Gasteiger partial charge in [0.2, 0.25) is 0 Å². The maximum absolute atomic E-state index is 10.8. The predicted octanol–water partition coefficient (Wildman–Crippen LogP) is 3.60. The molecule has 2 rings (SSSR count). The molecule has 2 aromatic carbocycles. The Morgan fingerprint density at radius 2 is 2.00 bits per heavy atom. The molecule has 8 heteroatoms. The summed E-state index contributed by atoms with van der Waals surface area (Å²) in [7, 11) is 0. The van der Waals surface area contributed by atoms with Crippen LogP contribution >= 0.6 is 27.7 Å². The van der Waals surface area contributed by atoms with Crippen molar-refractivity contribution in [2.75, 3.05) is 0 Å². The van der Waals surface area contributed by atoms with Crippen molar-refractivity contribution in [3.05, 3.63) is 62.6 Å². The summed E-state index contributed by atoms with van der Waals surface area (Å²) in [5.74, 6) is -0.173. The Morgan fingerprint density at radius 1 is 1.29 bits per heavy atom. The number of nitrogens with zero attached hydrogens (tertiary/aromatic N) is 2. The van der Waals surface area contributed by atoms with E-state index in [4.69, 9.17) is 10.9 Å². The molecule has 3 N–H and O–H groups in total. The standard InChI is InChI=1S/C13H10BrN3O3S/c14-10-3-1-2-4-12(10)21-11-6-5-8(17(19)20)7-9(11)13(15)16-18/h1-7,18H,(H2,15,16). The number of benzene rings is 2. The summed E-state index contributed by atoms with van der Waals surface area (Å²) >= 11 is 4.79. The summed E-state index contributed by atoms with van der Waals surface area (Å²) in [6, 6.07) is 11.8. The molecule has 0 amide bonds. The minimum Gasteiger partial charge on any atom is -0.409 e. The second-order valence-electron chi connectivity index (χ2n) is 3.96. The molecule has 0 bridgehead atoms. The number of hydrogen-bond donors (Lipinski definition) is 2. The first kappa shape index (κ1) is 15.3. The largest absolute Gasteiger partial charge is 0.409 e. The molecular weight excluding hydrogens is 358 g/mol. The summed E-state index contributed by atoms with van der Waals surface area (Å²) in [5.41, 5.74) is 5.80. The van der Waals surface area contributed by atoms with E-state index < -0.39 is 4.92 Å². The lowest BCUT2D eigenvalue weighted by Gasteiger charge is -2.09. The summed E-state index contributed by atoms with van der Waals surface area (Å²) < 4.78 is 0.888. The Hall–Kier alpha value is -2.06. The van der Waals surface area contributed by atoms with Crippen LogP contribution in [-0.2, 0) is 0 Å². The Morgan fingerprint density at radius 3 is 2.62 bits per heavy atom. The molecule has 0 aliphatic carbocycles. The number of rotatable bonds is 4. The molecule has 0 atom stereocenters. The molecule has 2 aromatic rings. The SMILES string of the molecule is NC(=NO)c1cc([N+](=O)[O-])ccc1Sc1ccccc1Br. The van der Waals surface area contributed by atoms with Crippen LogP contribution in [0.1, 0.15) is 5.56 Å². The normalized spacial score (nSPS) is 11.4. The second kappa shape index (κ2) is 6.59. The van der Waals surface area contributed by atoms with E-state index >= 15 is 0 Å². The van der Waals surface area contributed by atoms with Crippen LogP contribution in [-0.4, -0.2) is 16.0 Å². The average molecular weight is 368 g/mol. The van der Waals surface area contributed by atoms with Gasteiger partial charge in [-0.05, 0) is 34.1 Å². The third-order valence-electron chi connectivity index (χ3n) is 2.61. The molecule has 0 aromatic heterocycles. The van der Waals surface area contributed by atoms with Gasteiger partial charge in [0.25, 0.3) is 5.69 Å². The highest BCUT2D eigenvalue weighted by atomic mass is 79.9. The lowest BCUT2D eigenvalue weighted by atomic mass is 10.2. The van der Waals surface area contributed by atoms with Crippen LogP contribution < -0.4 is 5.73 Å². The number of halogens is 1. The molecule has 0 unspecified atom stereocenters. The maximum atomic E-state index is 10.8. The van der Waals surface area contributed by atoms with Gasteiger partial charge in [0.1, 0.15) is 0 Å². The Balaban J connectivity index is 2.48. The van der Waals surface area contributed by atoms with Gasteiger partial charge in [-0.25, -0.2) is 0 Å². The molecule has 21 heavy (non-hydrogen) atoms. The second-order valence-corrected chi connectivity index (χ2v) is 5.89. The van der Waals surface area contributed by atoms with Crippen LogP contribution in [0.4, 0.5) is 5.69 Å². The summed E-state index contributed by atoms with van der Waals surface area (Å²) in [5, 5.41) is 22.6. The molecule has 0 spiro atoms. The third-order valence-corrected chi connectivity index (χ3v) is 4.72. The Bertz CT molecular complexity index is 722. The fourth-order valence-corrected chi connectivity index (χ4v) is 3.11. The van der Waals surface area contributed by atoms with Gasteiger partial charge >= 0.3 is 0 Å². The zero-order valence-corrected chi connectivity index (χ0v) is 13.0. The first-order valence-corrected chi connectivity index (χ1v) is 7.32. The molecule has 0 fully saturated rings. The van der Waals surface area contributed by atoms with E-state index in [0.717, 1.165) is 9.37 Å². The van der Waals surface area contributed by atoms with Crippen molar-refractivity contribution in [2.24, 2.45) is 10.9 Å². The van der Waals surface area contributed by atoms with Crippen molar-refractivity contribution in [3.63, 3.8) is 0 Å². The van der Waals surface area contributed by atoms with Gasteiger partial charge in [0.05, 0.1) is 4.92 Å². The van der Waals surface area contributed by atoms with Gasteiger partial charge in [0, 0.05) is 32.0 Å². The van der Waals surface area contributed by atoms with Gasteiger partial charge in [-0.1, -0.05) is 29.1 Å². The highest BCUT2D eigenvalue weighted by molar-refractivity contribution is 9.10. The fraction of sp³-hybridized carbons (Fsp3) is 0. The molecule has 0 radical (unpaired) electrons. The highest BCUT2D eigenvalue weighted by Gasteiger charge is 2.15. The van der Waals surface area contributed by atoms with E-state index in [9.17, 15) is 10.1 Å². The van der Waals surface area contributed by atoms with Crippen molar-refractivity contribution < 1.29 is 10.1 Å². The first-order valence-electron chi connectivity index (χ1n) is 5.71. The van der Waals surface area contributed by atoms with Crippen molar-refractivity contribution in [3.8, 4) is 0 Å². The Labute approximate surface area is 132 Å². The average Bonchev–Trinajstić information content (AvgIpc) is 2.49. The van der Waals surface area contributed by atoms with Gasteiger partial charge < -0.3 is 10.9 Å². The van der Waals surface area contributed by atoms with E-state index in [-0.39, 0.29) is 11.5 Å². The van der Waals surface area contributed by atoms with Crippen LogP contribution in [0.3, 0.4) is 0 Å². The van der Waals surface area contributed by atoms with E-state index in [1.165, 1.54) is 23.9 Å². The van der Waals surface area contributed by atoms with Crippen LogP contribution in [0.5, 0.6) is 0 Å². The summed E-state index contributed by atoms with van der Waals surface area (Å²) in [6.45, 7) is 0. The molecule has 0 saturated heterocycles. The molecule has 0 heterocycles. The highest BCUT2D eigenvalue weighted by Crippen LogP contribution is 2.36. The number of amidine groups is 1. The van der Waals surface area contributed by atoms with E-state index in [1.54, 1.807) is 6.07 Å². The van der Waals surface area contributed by atoms with Crippen LogP contribution in [0, 0.1) is 10.1 Å². The molecular formula is C13H10BrN3O3S. The van der Waals surface area contributed by atoms with Crippen LogP contribution in [0.15, 0.2) is 61.9 Å². The van der Waals surface area contributed by atoms with Gasteiger partial charge in [-0.2, -0.15) is 0 Å². The van der Waals surface area contributed by atoms with Crippen molar-refractivity contribution in [1.29, 1.82) is 0 Å². The first-order chi connectivity index (χ1) is 10.0. The minimum atomic E-state index is -0.527. The van der Waals surface area contributed by atoms with E-state index in [0.29, 0.717) is 10.5 Å². The molecule has 108 valence electrons. The number of hydrogen-bond acceptors (Lipinski definition) is 5. The van der Waals surface area contributed by atoms with Crippen molar-refractivity contribution >= 4 is 39.2 Å². The monoisotopic (exact) mass is 367 g/mol.